The largest absolute Gasteiger partial charge is 0.496 e. The molecule has 0 fully saturated rings. The fourth-order valence-electron chi connectivity index (χ4n) is 3.31. The van der Waals surface area contributed by atoms with Gasteiger partial charge in [-0.05, 0) is 19.1 Å². The van der Waals surface area contributed by atoms with Crippen molar-refractivity contribution in [3.05, 3.63) is 71.7 Å². The van der Waals surface area contributed by atoms with Crippen LogP contribution in [0.5, 0.6) is 5.75 Å². The van der Waals surface area contributed by atoms with Crippen molar-refractivity contribution in [3.8, 4) is 17.0 Å². The number of nitrogens with one attached hydrogen (secondary N) is 1. The number of nitrogens with zero attached hydrogens (tertiary/aromatic N) is 2. The van der Waals surface area contributed by atoms with Gasteiger partial charge >= 0.3 is 0 Å². The molecular weight excluding hydrogens is 354 g/mol. The number of hydrogen-bond acceptors (Lipinski definition) is 4. The minimum Gasteiger partial charge on any atom is -0.496 e. The monoisotopic (exact) mass is 377 g/mol. The lowest BCUT2D eigenvalue weighted by atomic mass is 10.1. The molecule has 6 nitrogen and oxygen atoms in total. The van der Waals surface area contributed by atoms with Gasteiger partial charge in [-0.15, -0.1) is 0 Å². The standard InChI is InChI=1S/C22H23N3O3/c1-15-7-9-16(10-8-15)19-13-25-12-17(28-14-21(25)24-19)11-23-22(26)18-5-3-4-6-20(18)27-2/h3-10,13,17H,11-12,14H2,1-2H3,(H,23,26). The summed E-state index contributed by atoms with van der Waals surface area (Å²) in [5.41, 5.74) is 3.78. The van der Waals surface area contributed by atoms with Crippen molar-refractivity contribution in [2.45, 2.75) is 26.2 Å². The Morgan fingerprint density at radius 3 is 2.82 bits per heavy atom. The highest BCUT2D eigenvalue weighted by Gasteiger charge is 2.22. The summed E-state index contributed by atoms with van der Waals surface area (Å²) in [6.07, 6.45) is 1.95. The van der Waals surface area contributed by atoms with E-state index < -0.39 is 0 Å². The molecule has 3 aromatic rings. The van der Waals surface area contributed by atoms with Crippen LogP contribution >= 0.6 is 0 Å². The predicted octanol–water partition coefficient (Wildman–Crippen LogP) is 3.20. The summed E-state index contributed by atoms with van der Waals surface area (Å²) in [6.45, 7) is 3.58. The van der Waals surface area contributed by atoms with Crippen molar-refractivity contribution >= 4 is 5.91 Å². The summed E-state index contributed by atoms with van der Waals surface area (Å²) >= 11 is 0. The third-order valence-corrected chi connectivity index (χ3v) is 4.90. The van der Waals surface area contributed by atoms with Crippen molar-refractivity contribution in [1.82, 2.24) is 14.9 Å². The van der Waals surface area contributed by atoms with Crippen molar-refractivity contribution in [2.24, 2.45) is 0 Å². The zero-order valence-corrected chi connectivity index (χ0v) is 16.0. The van der Waals surface area contributed by atoms with Crippen LogP contribution in [0.2, 0.25) is 0 Å². The maximum absolute atomic E-state index is 12.5. The van der Waals surface area contributed by atoms with Gasteiger partial charge in [0.05, 0.1) is 31.0 Å². The number of rotatable bonds is 5. The quantitative estimate of drug-likeness (QED) is 0.742. The molecule has 1 aromatic heterocycles. The predicted molar refractivity (Wildman–Crippen MR) is 106 cm³/mol. The lowest BCUT2D eigenvalue weighted by Crippen LogP contribution is -2.38. The molecule has 1 atom stereocenters. The van der Waals surface area contributed by atoms with Crippen LogP contribution in [0.25, 0.3) is 11.3 Å². The van der Waals surface area contributed by atoms with E-state index >= 15 is 0 Å². The van der Waals surface area contributed by atoms with Gasteiger partial charge in [-0.2, -0.15) is 0 Å². The van der Waals surface area contributed by atoms with Gasteiger partial charge in [-0.1, -0.05) is 42.0 Å². The normalized spacial score (nSPS) is 15.7. The molecule has 0 radical (unpaired) electrons. The zero-order valence-electron chi connectivity index (χ0n) is 16.0. The Labute approximate surface area is 164 Å². The number of benzene rings is 2. The van der Waals surface area contributed by atoms with Gasteiger partial charge in [-0.25, -0.2) is 4.98 Å². The second-order valence-electron chi connectivity index (χ2n) is 6.90. The molecule has 0 aliphatic carbocycles. The van der Waals surface area contributed by atoms with Gasteiger partial charge in [0.15, 0.2) is 0 Å². The van der Waals surface area contributed by atoms with Crippen molar-refractivity contribution in [2.75, 3.05) is 13.7 Å². The molecule has 1 aliphatic rings. The number of ether oxygens (including phenoxy) is 2. The number of methoxy groups -OCH3 is 1. The number of imidazole rings is 1. The fourth-order valence-corrected chi connectivity index (χ4v) is 3.31. The average Bonchev–Trinajstić information content (AvgIpc) is 3.15. The molecule has 4 rings (SSSR count). The first-order chi connectivity index (χ1) is 13.6. The minimum absolute atomic E-state index is 0.105. The zero-order chi connectivity index (χ0) is 19.5. The van der Waals surface area contributed by atoms with E-state index in [1.807, 2.05) is 12.1 Å². The molecule has 28 heavy (non-hydrogen) atoms. The molecule has 6 heteroatoms. The first kappa shape index (κ1) is 18.3. The summed E-state index contributed by atoms with van der Waals surface area (Å²) in [5.74, 6) is 1.30. The molecule has 2 heterocycles. The number of aryl methyl sites for hydroxylation is 1. The van der Waals surface area contributed by atoms with Gasteiger partial charge in [0.2, 0.25) is 0 Å². The molecule has 0 saturated carbocycles. The Kier molecular flexibility index (Phi) is 5.12. The highest BCUT2D eigenvalue weighted by Crippen LogP contribution is 2.23. The number of amides is 1. The topological polar surface area (TPSA) is 65.4 Å². The van der Waals surface area contributed by atoms with E-state index in [0.717, 1.165) is 17.1 Å². The van der Waals surface area contributed by atoms with Gasteiger partial charge in [-0.3, -0.25) is 4.79 Å². The number of aromatic nitrogens is 2. The third kappa shape index (κ3) is 3.77. The number of carbonyl (C=O) groups is 1. The van der Waals surface area contributed by atoms with Gasteiger partial charge in [0.1, 0.15) is 18.2 Å². The van der Waals surface area contributed by atoms with Crippen LogP contribution in [-0.4, -0.2) is 35.2 Å². The van der Waals surface area contributed by atoms with E-state index in [1.54, 1.807) is 19.2 Å². The van der Waals surface area contributed by atoms with Gasteiger partial charge in [0, 0.05) is 18.3 Å². The van der Waals surface area contributed by atoms with Crippen molar-refractivity contribution in [3.63, 3.8) is 0 Å². The van der Waals surface area contributed by atoms with E-state index in [1.165, 1.54) is 5.56 Å². The Balaban J connectivity index is 1.40. The van der Waals surface area contributed by atoms with Crippen molar-refractivity contribution in [1.29, 1.82) is 0 Å². The first-order valence-electron chi connectivity index (χ1n) is 9.30. The Morgan fingerprint density at radius 2 is 2.04 bits per heavy atom. The molecule has 2 aromatic carbocycles. The summed E-state index contributed by atoms with van der Waals surface area (Å²) in [4.78, 5) is 17.1. The van der Waals surface area contributed by atoms with E-state index in [-0.39, 0.29) is 12.0 Å². The second kappa shape index (κ2) is 7.86. The van der Waals surface area contributed by atoms with Crippen LogP contribution < -0.4 is 10.1 Å². The molecule has 0 spiro atoms. The van der Waals surface area contributed by atoms with Crippen LogP contribution in [0, 0.1) is 6.92 Å². The molecule has 1 unspecified atom stereocenters. The Hall–Kier alpha value is -3.12. The SMILES string of the molecule is COc1ccccc1C(=O)NCC1Cn2cc(-c3ccc(C)cc3)nc2CO1. The fraction of sp³-hybridized carbons (Fsp3) is 0.273. The summed E-state index contributed by atoms with van der Waals surface area (Å²) in [7, 11) is 1.56. The Morgan fingerprint density at radius 1 is 1.25 bits per heavy atom. The third-order valence-electron chi connectivity index (χ3n) is 4.90. The maximum atomic E-state index is 12.5. The van der Waals surface area contributed by atoms with Crippen LogP contribution in [0.4, 0.5) is 0 Å². The van der Waals surface area contributed by atoms with E-state index in [9.17, 15) is 4.79 Å². The van der Waals surface area contributed by atoms with Crippen molar-refractivity contribution < 1.29 is 14.3 Å². The second-order valence-corrected chi connectivity index (χ2v) is 6.90. The van der Waals surface area contributed by atoms with Crippen LogP contribution in [0.15, 0.2) is 54.7 Å². The maximum Gasteiger partial charge on any atom is 0.255 e. The lowest BCUT2D eigenvalue weighted by molar-refractivity contribution is 0.00326. The minimum atomic E-state index is -0.169. The molecule has 1 N–H and O–H groups in total. The summed E-state index contributed by atoms with van der Waals surface area (Å²) in [5, 5.41) is 2.94. The van der Waals surface area contributed by atoms with E-state index in [0.29, 0.717) is 31.0 Å². The molecule has 144 valence electrons. The highest BCUT2D eigenvalue weighted by atomic mass is 16.5. The lowest BCUT2D eigenvalue weighted by Gasteiger charge is -2.24. The summed E-state index contributed by atoms with van der Waals surface area (Å²) < 4.78 is 13.2. The van der Waals surface area contributed by atoms with E-state index in [2.05, 4.69) is 52.3 Å². The smallest absolute Gasteiger partial charge is 0.255 e. The van der Waals surface area contributed by atoms with Crippen LogP contribution in [0.3, 0.4) is 0 Å². The van der Waals surface area contributed by atoms with Crippen LogP contribution in [-0.2, 0) is 17.9 Å². The van der Waals surface area contributed by atoms with Crippen LogP contribution in [0.1, 0.15) is 21.7 Å². The first-order valence-corrected chi connectivity index (χ1v) is 9.30. The molecule has 0 bridgehead atoms. The molecule has 1 amide bonds. The number of fused-ring (bicyclic) bond motifs is 1. The number of carbonyl (C=O) groups excluding carboxylic acids is 1. The summed E-state index contributed by atoms with van der Waals surface area (Å²) in [6, 6.07) is 15.5. The molecule has 1 aliphatic heterocycles. The molecule has 0 saturated heterocycles. The highest BCUT2D eigenvalue weighted by molar-refractivity contribution is 5.96. The van der Waals surface area contributed by atoms with Gasteiger partial charge < -0.3 is 19.4 Å². The molecular formula is C22H23N3O3. The number of para-hydroxylation sites is 1. The van der Waals surface area contributed by atoms with Gasteiger partial charge in [0.25, 0.3) is 5.91 Å². The number of hydrogen-bond donors (Lipinski definition) is 1. The average molecular weight is 377 g/mol. The Bertz CT molecular complexity index is 979. The van der Waals surface area contributed by atoms with E-state index in [4.69, 9.17) is 9.47 Å².